The fourth-order valence-corrected chi connectivity index (χ4v) is 3.34. The number of benzene rings is 1. The Morgan fingerprint density at radius 3 is 3.08 bits per heavy atom. The summed E-state index contributed by atoms with van der Waals surface area (Å²) in [5, 5.41) is 5.62. The van der Waals surface area contributed by atoms with Crippen molar-refractivity contribution in [3.05, 3.63) is 47.5 Å². The van der Waals surface area contributed by atoms with E-state index in [9.17, 15) is 4.79 Å². The number of hydrogen-bond donors (Lipinski definition) is 1. The lowest BCUT2D eigenvalue weighted by atomic mass is 10.2. The quantitative estimate of drug-likeness (QED) is 0.758. The van der Waals surface area contributed by atoms with Crippen molar-refractivity contribution in [1.29, 1.82) is 0 Å². The van der Waals surface area contributed by atoms with Crippen LogP contribution in [0.25, 0.3) is 10.6 Å². The Bertz CT molecular complexity index is 918. The van der Waals surface area contributed by atoms with Gasteiger partial charge in [0, 0.05) is 30.4 Å². The number of hydrogen-bond acceptors (Lipinski definition) is 6. The second-order valence-electron chi connectivity index (χ2n) is 5.62. The summed E-state index contributed by atoms with van der Waals surface area (Å²) in [5.74, 6) is 2.20. The summed E-state index contributed by atoms with van der Waals surface area (Å²) in [6.45, 7) is 0.652. The molecule has 2 aromatic heterocycles. The van der Waals surface area contributed by atoms with Crippen molar-refractivity contribution < 1.29 is 14.3 Å². The van der Waals surface area contributed by atoms with Gasteiger partial charge in [-0.2, -0.15) is 0 Å². The van der Waals surface area contributed by atoms with Crippen molar-refractivity contribution in [2.45, 2.75) is 13.0 Å². The van der Waals surface area contributed by atoms with Crippen LogP contribution in [-0.4, -0.2) is 27.2 Å². The predicted molar refractivity (Wildman–Crippen MR) is 92.4 cm³/mol. The van der Waals surface area contributed by atoms with Crippen LogP contribution in [0.2, 0.25) is 0 Å². The lowest BCUT2D eigenvalue weighted by Gasteiger charge is -2.04. The number of amides is 1. The maximum Gasteiger partial charge on any atom is 0.231 e. The van der Waals surface area contributed by atoms with Gasteiger partial charge < -0.3 is 19.4 Å². The first-order chi connectivity index (χ1) is 12.2. The van der Waals surface area contributed by atoms with E-state index in [2.05, 4.69) is 15.3 Å². The smallest absolute Gasteiger partial charge is 0.231 e. The molecular formula is C17H16N4O3S. The van der Waals surface area contributed by atoms with Crippen LogP contribution in [0.1, 0.15) is 11.5 Å². The standard InChI is InChI=1S/C17H16N4O3S/c1-21-5-4-18-15(21)8-19-16(22)7-12-9-25-17(20-12)11-2-3-13-14(6-11)24-10-23-13/h2-6,9H,7-8,10H2,1H3,(H,19,22). The molecule has 0 saturated carbocycles. The van der Waals surface area contributed by atoms with E-state index in [1.165, 1.54) is 11.3 Å². The number of fused-ring (bicyclic) bond motifs is 1. The fourth-order valence-electron chi connectivity index (χ4n) is 2.52. The molecule has 3 aromatic rings. The van der Waals surface area contributed by atoms with Gasteiger partial charge in [0.15, 0.2) is 11.5 Å². The van der Waals surface area contributed by atoms with Crippen LogP contribution in [-0.2, 0) is 24.8 Å². The van der Waals surface area contributed by atoms with Crippen molar-refractivity contribution in [3.8, 4) is 22.1 Å². The third-order valence-corrected chi connectivity index (χ3v) is 4.82. The number of aromatic nitrogens is 3. The van der Waals surface area contributed by atoms with Gasteiger partial charge in [0.05, 0.1) is 18.7 Å². The minimum atomic E-state index is -0.0782. The molecule has 0 radical (unpaired) electrons. The van der Waals surface area contributed by atoms with Crippen LogP contribution < -0.4 is 14.8 Å². The molecule has 8 heteroatoms. The molecule has 3 heterocycles. The number of nitrogens with one attached hydrogen (secondary N) is 1. The van der Waals surface area contributed by atoms with E-state index in [0.717, 1.165) is 33.6 Å². The number of ether oxygens (including phenoxy) is 2. The number of aryl methyl sites for hydroxylation is 1. The normalized spacial score (nSPS) is 12.4. The van der Waals surface area contributed by atoms with Gasteiger partial charge in [0.25, 0.3) is 0 Å². The molecule has 1 aliphatic heterocycles. The third-order valence-electron chi connectivity index (χ3n) is 3.88. The zero-order valence-electron chi connectivity index (χ0n) is 13.6. The zero-order valence-corrected chi connectivity index (χ0v) is 14.4. The molecule has 0 fully saturated rings. The van der Waals surface area contributed by atoms with E-state index in [0.29, 0.717) is 6.54 Å². The minimum absolute atomic E-state index is 0.0782. The first kappa shape index (κ1) is 15.6. The number of thiazole rings is 1. The molecule has 25 heavy (non-hydrogen) atoms. The van der Waals surface area contributed by atoms with Crippen LogP contribution in [0.15, 0.2) is 36.0 Å². The average Bonchev–Trinajstić information content (AvgIpc) is 3.33. The number of carbonyl (C=O) groups is 1. The summed E-state index contributed by atoms with van der Waals surface area (Å²) in [4.78, 5) is 20.8. The Morgan fingerprint density at radius 1 is 1.36 bits per heavy atom. The zero-order chi connectivity index (χ0) is 17.2. The minimum Gasteiger partial charge on any atom is -0.454 e. The van der Waals surface area contributed by atoms with Gasteiger partial charge >= 0.3 is 0 Å². The van der Waals surface area contributed by atoms with Gasteiger partial charge in [-0.15, -0.1) is 11.3 Å². The average molecular weight is 356 g/mol. The summed E-state index contributed by atoms with van der Waals surface area (Å²) in [7, 11) is 1.90. The Balaban J connectivity index is 1.39. The van der Waals surface area contributed by atoms with Crippen molar-refractivity contribution in [2.24, 2.45) is 7.05 Å². The number of rotatable bonds is 5. The molecule has 128 valence electrons. The number of imidazole rings is 1. The molecule has 4 rings (SSSR count). The van der Waals surface area contributed by atoms with E-state index < -0.39 is 0 Å². The molecule has 0 bridgehead atoms. The Kier molecular flexibility index (Phi) is 4.10. The topological polar surface area (TPSA) is 78.3 Å². The van der Waals surface area contributed by atoms with Crippen molar-refractivity contribution >= 4 is 17.2 Å². The highest BCUT2D eigenvalue weighted by Gasteiger charge is 2.16. The van der Waals surface area contributed by atoms with Crippen LogP contribution in [0.4, 0.5) is 0 Å². The van der Waals surface area contributed by atoms with Gasteiger partial charge in [0.1, 0.15) is 10.8 Å². The summed E-state index contributed by atoms with van der Waals surface area (Å²) in [6.07, 6.45) is 3.80. The van der Waals surface area contributed by atoms with Gasteiger partial charge in [-0.1, -0.05) is 0 Å². The monoisotopic (exact) mass is 356 g/mol. The Labute approximate surface area is 148 Å². The molecule has 0 saturated heterocycles. The van der Waals surface area contributed by atoms with Crippen molar-refractivity contribution in [3.63, 3.8) is 0 Å². The largest absolute Gasteiger partial charge is 0.454 e. The lowest BCUT2D eigenvalue weighted by Crippen LogP contribution is -2.26. The number of carbonyl (C=O) groups excluding carboxylic acids is 1. The SMILES string of the molecule is Cn1ccnc1CNC(=O)Cc1csc(-c2ccc3c(c2)OCO3)n1. The molecule has 7 nitrogen and oxygen atoms in total. The van der Waals surface area contributed by atoms with E-state index in [-0.39, 0.29) is 19.1 Å². The summed E-state index contributed by atoms with van der Waals surface area (Å²) < 4.78 is 12.6. The molecule has 0 unspecified atom stereocenters. The van der Waals surface area contributed by atoms with Crippen LogP contribution in [0.3, 0.4) is 0 Å². The maximum atomic E-state index is 12.1. The van der Waals surface area contributed by atoms with Gasteiger partial charge in [-0.25, -0.2) is 9.97 Å². The summed E-state index contributed by atoms with van der Waals surface area (Å²) in [6, 6.07) is 5.72. The Morgan fingerprint density at radius 2 is 2.24 bits per heavy atom. The van der Waals surface area contributed by atoms with Crippen molar-refractivity contribution in [2.75, 3.05) is 6.79 Å². The lowest BCUT2D eigenvalue weighted by molar-refractivity contribution is -0.120. The third kappa shape index (κ3) is 3.34. The molecule has 1 N–H and O–H groups in total. The van der Waals surface area contributed by atoms with E-state index in [1.807, 2.05) is 41.4 Å². The van der Waals surface area contributed by atoms with E-state index >= 15 is 0 Å². The highest BCUT2D eigenvalue weighted by Crippen LogP contribution is 2.36. The maximum absolute atomic E-state index is 12.1. The highest BCUT2D eigenvalue weighted by molar-refractivity contribution is 7.13. The van der Waals surface area contributed by atoms with Crippen molar-refractivity contribution in [1.82, 2.24) is 19.9 Å². The van der Waals surface area contributed by atoms with E-state index in [4.69, 9.17) is 9.47 Å². The molecule has 0 atom stereocenters. The fraction of sp³-hybridized carbons (Fsp3) is 0.235. The first-order valence-electron chi connectivity index (χ1n) is 7.76. The van der Waals surface area contributed by atoms with Crippen LogP contribution in [0, 0.1) is 0 Å². The van der Waals surface area contributed by atoms with Gasteiger partial charge in [-0.3, -0.25) is 4.79 Å². The second kappa shape index (κ2) is 6.56. The summed E-state index contributed by atoms with van der Waals surface area (Å²) in [5.41, 5.74) is 1.70. The van der Waals surface area contributed by atoms with Gasteiger partial charge in [0.2, 0.25) is 12.7 Å². The summed E-state index contributed by atoms with van der Waals surface area (Å²) >= 11 is 1.50. The van der Waals surface area contributed by atoms with Crippen LogP contribution in [0.5, 0.6) is 11.5 Å². The molecular weight excluding hydrogens is 340 g/mol. The molecule has 1 aliphatic rings. The molecule has 0 aliphatic carbocycles. The van der Waals surface area contributed by atoms with Crippen LogP contribution >= 0.6 is 11.3 Å². The van der Waals surface area contributed by atoms with Gasteiger partial charge in [-0.05, 0) is 18.2 Å². The second-order valence-corrected chi connectivity index (χ2v) is 6.48. The van der Waals surface area contributed by atoms with E-state index in [1.54, 1.807) is 6.20 Å². The highest BCUT2D eigenvalue weighted by atomic mass is 32.1. The molecule has 1 aromatic carbocycles. The first-order valence-corrected chi connectivity index (χ1v) is 8.64. The molecule has 0 spiro atoms. The molecule has 1 amide bonds. The predicted octanol–water partition coefficient (Wildman–Crippen LogP) is 2.13. The number of nitrogens with zero attached hydrogens (tertiary/aromatic N) is 3. The Hall–Kier alpha value is -2.87.